The smallest absolute Gasteiger partial charge is 0.303 e. The molecule has 0 atom stereocenters. The molecule has 1 N–H and O–H groups in total. The molecule has 7 heteroatoms. The summed E-state index contributed by atoms with van der Waals surface area (Å²) in [6, 6.07) is 5.73. The molecule has 0 heterocycles. The minimum absolute atomic E-state index is 0.00937. The average molecular weight is 315 g/mol. The van der Waals surface area contributed by atoms with Gasteiger partial charge in [-0.2, -0.15) is 4.31 Å². The molecule has 0 amide bonds. The number of aliphatic carboxylic acids is 1. The first-order chi connectivity index (χ1) is 9.88. The highest BCUT2D eigenvalue weighted by Crippen LogP contribution is 2.31. The maximum absolute atomic E-state index is 12.9. The summed E-state index contributed by atoms with van der Waals surface area (Å²) in [4.78, 5) is 10.5. The fraction of sp³-hybridized carbons (Fsp3) is 0.500. The normalized spacial score (nSPS) is 15.3. The van der Waals surface area contributed by atoms with Crippen molar-refractivity contribution in [2.24, 2.45) is 0 Å². The van der Waals surface area contributed by atoms with Crippen LogP contribution in [0, 0.1) is 5.82 Å². The first kappa shape index (κ1) is 15.9. The largest absolute Gasteiger partial charge is 0.481 e. The Kier molecular flexibility index (Phi) is 4.95. The lowest BCUT2D eigenvalue weighted by Crippen LogP contribution is -2.34. The van der Waals surface area contributed by atoms with E-state index in [1.807, 2.05) is 0 Å². The van der Waals surface area contributed by atoms with Gasteiger partial charge in [0, 0.05) is 19.0 Å². The van der Waals surface area contributed by atoms with Gasteiger partial charge >= 0.3 is 5.97 Å². The summed E-state index contributed by atoms with van der Waals surface area (Å²) in [5.74, 6) is -1.53. The van der Waals surface area contributed by atoms with Crippen molar-refractivity contribution in [3.05, 3.63) is 35.6 Å². The van der Waals surface area contributed by atoms with Crippen molar-refractivity contribution in [3.63, 3.8) is 0 Å². The molecule has 1 aromatic carbocycles. The van der Waals surface area contributed by atoms with Crippen LogP contribution >= 0.6 is 0 Å². The fourth-order valence-corrected chi connectivity index (χ4v) is 3.86. The minimum atomic E-state index is -3.49. The Balaban J connectivity index is 2.04. The van der Waals surface area contributed by atoms with Gasteiger partial charge in [-0.15, -0.1) is 0 Å². The summed E-state index contributed by atoms with van der Waals surface area (Å²) in [6.45, 7) is 0.209. The summed E-state index contributed by atoms with van der Waals surface area (Å²) in [7, 11) is -3.49. The van der Waals surface area contributed by atoms with Gasteiger partial charge in [0.1, 0.15) is 5.82 Å². The van der Waals surface area contributed by atoms with E-state index in [9.17, 15) is 17.6 Å². The molecule has 0 spiro atoms. The van der Waals surface area contributed by atoms with Gasteiger partial charge in [0.2, 0.25) is 10.0 Å². The standard InChI is InChI=1S/C14H18FNO4S/c15-12-5-3-11(4-6-12)10-16(13-7-8-13)21(19,20)9-1-2-14(17)18/h3-6,13H,1-2,7-10H2,(H,17,18). The summed E-state index contributed by atoms with van der Waals surface area (Å²) in [6.07, 6.45) is 1.58. The van der Waals surface area contributed by atoms with E-state index in [0.717, 1.165) is 18.4 Å². The van der Waals surface area contributed by atoms with Gasteiger partial charge < -0.3 is 5.11 Å². The molecule has 21 heavy (non-hydrogen) atoms. The summed E-state index contributed by atoms with van der Waals surface area (Å²) < 4.78 is 39.0. The summed E-state index contributed by atoms with van der Waals surface area (Å²) in [5, 5.41) is 8.59. The molecule has 1 saturated carbocycles. The SMILES string of the molecule is O=C(O)CCCS(=O)(=O)N(Cc1ccc(F)cc1)C1CC1. The lowest BCUT2D eigenvalue weighted by atomic mass is 10.2. The van der Waals surface area contributed by atoms with E-state index >= 15 is 0 Å². The molecule has 0 unspecified atom stereocenters. The van der Waals surface area contributed by atoms with Gasteiger partial charge in [0.15, 0.2) is 0 Å². The summed E-state index contributed by atoms with van der Waals surface area (Å²) in [5.41, 5.74) is 0.727. The molecular formula is C14H18FNO4S. The van der Waals surface area contributed by atoms with Crippen molar-refractivity contribution in [2.45, 2.75) is 38.3 Å². The van der Waals surface area contributed by atoms with Crippen LogP contribution in [0.2, 0.25) is 0 Å². The van der Waals surface area contributed by atoms with Gasteiger partial charge in [0.05, 0.1) is 5.75 Å². The molecule has 5 nitrogen and oxygen atoms in total. The second-order valence-corrected chi connectivity index (χ2v) is 7.26. The Bertz CT molecular complexity index is 596. The van der Waals surface area contributed by atoms with Gasteiger partial charge in [-0.05, 0) is 37.0 Å². The lowest BCUT2D eigenvalue weighted by molar-refractivity contribution is -0.137. The van der Waals surface area contributed by atoms with Crippen molar-refractivity contribution < 1.29 is 22.7 Å². The van der Waals surface area contributed by atoms with E-state index < -0.39 is 16.0 Å². The molecule has 116 valence electrons. The van der Waals surface area contributed by atoms with E-state index in [0.29, 0.717) is 0 Å². The number of carboxylic acids is 1. The number of carbonyl (C=O) groups is 1. The van der Waals surface area contributed by atoms with Crippen LogP contribution < -0.4 is 0 Å². The van der Waals surface area contributed by atoms with Crippen LogP contribution in [-0.4, -0.2) is 35.6 Å². The van der Waals surface area contributed by atoms with Crippen LogP contribution in [-0.2, 0) is 21.4 Å². The van der Waals surface area contributed by atoms with Crippen molar-refractivity contribution in [1.29, 1.82) is 0 Å². The Labute approximate surface area is 123 Å². The molecule has 0 aliphatic heterocycles. The third-order valence-electron chi connectivity index (χ3n) is 3.36. The van der Waals surface area contributed by atoms with Crippen molar-refractivity contribution in [2.75, 3.05) is 5.75 Å². The zero-order valence-electron chi connectivity index (χ0n) is 11.5. The maximum Gasteiger partial charge on any atom is 0.303 e. The number of hydrogen-bond acceptors (Lipinski definition) is 3. The van der Waals surface area contributed by atoms with Crippen molar-refractivity contribution in [1.82, 2.24) is 4.31 Å². The van der Waals surface area contributed by atoms with Crippen molar-refractivity contribution in [3.8, 4) is 0 Å². The average Bonchev–Trinajstić information content (AvgIpc) is 3.21. The zero-order chi connectivity index (χ0) is 15.5. The highest BCUT2D eigenvalue weighted by molar-refractivity contribution is 7.89. The number of carboxylic acid groups (broad SMARTS) is 1. The Morgan fingerprint density at radius 1 is 1.29 bits per heavy atom. The third-order valence-corrected chi connectivity index (χ3v) is 5.30. The molecule has 0 saturated heterocycles. The molecule has 1 aromatic rings. The predicted molar refractivity (Wildman–Crippen MR) is 75.6 cm³/mol. The maximum atomic E-state index is 12.9. The number of benzene rings is 1. The second kappa shape index (κ2) is 6.53. The molecule has 1 fully saturated rings. The first-order valence-corrected chi connectivity index (χ1v) is 8.45. The number of hydrogen-bond donors (Lipinski definition) is 1. The van der Waals surface area contributed by atoms with Crippen LogP contribution in [0.4, 0.5) is 4.39 Å². The highest BCUT2D eigenvalue weighted by Gasteiger charge is 2.36. The predicted octanol–water partition coefficient (Wildman–Crippen LogP) is 1.98. The quantitative estimate of drug-likeness (QED) is 0.796. The number of nitrogens with zero attached hydrogens (tertiary/aromatic N) is 1. The molecule has 1 aliphatic carbocycles. The third kappa shape index (κ3) is 4.78. The first-order valence-electron chi connectivity index (χ1n) is 6.84. The molecule has 0 radical (unpaired) electrons. The fourth-order valence-electron chi connectivity index (χ4n) is 2.11. The Morgan fingerprint density at radius 3 is 2.43 bits per heavy atom. The van der Waals surface area contributed by atoms with Gasteiger partial charge in [-0.25, -0.2) is 12.8 Å². The van der Waals surface area contributed by atoms with Crippen LogP contribution in [0.15, 0.2) is 24.3 Å². The summed E-state index contributed by atoms with van der Waals surface area (Å²) >= 11 is 0. The van der Waals surface area contributed by atoms with Crippen molar-refractivity contribution >= 4 is 16.0 Å². The Morgan fingerprint density at radius 2 is 1.90 bits per heavy atom. The van der Waals surface area contributed by atoms with Crippen LogP contribution in [0.25, 0.3) is 0 Å². The van der Waals surface area contributed by atoms with E-state index in [4.69, 9.17) is 5.11 Å². The Hall–Kier alpha value is -1.47. The highest BCUT2D eigenvalue weighted by atomic mass is 32.2. The van der Waals surface area contributed by atoms with Crippen LogP contribution in [0.1, 0.15) is 31.2 Å². The molecule has 0 bridgehead atoms. The van der Waals surface area contributed by atoms with Gasteiger partial charge in [0.25, 0.3) is 0 Å². The van der Waals surface area contributed by atoms with E-state index in [1.54, 1.807) is 12.1 Å². The van der Waals surface area contributed by atoms with Gasteiger partial charge in [-0.1, -0.05) is 12.1 Å². The zero-order valence-corrected chi connectivity index (χ0v) is 12.4. The van der Waals surface area contributed by atoms with Gasteiger partial charge in [-0.3, -0.25) is 4.79 Å². The second-order valence-electron chi connectivity index (χ2n) is 5.22. The minimum Gasteiger partial charge on any atom is -0.481 e. The molecular weight excluding hydrogens is 297 g/mol. The van der Waals surface area contributed by atoms with Crippen LogP contribution in [0.3, 0.4) is 0 Å². The molecule has 1 aliphatic rings. The van der Waals surface area contributed by atoms with Crippen LogP contribution in [0.5, 0.6) is 0 Å². The number of sulfonamides is 1. The lowest BCUT2D eigenvalue weighted by Gasteiger charge is -2.22. The molecule has 2 rings (SSSR count). The monoisotopic (exact) mass is 315 g/mol. The topological polar surface area (TPSA) is 74.7 Å². The number of halogens is 1. The van der Waals surface area contributed by atoms with E-state index in [1.165, 1.54) is 16.4 Å². The number of rotatable bonds is 8. The van der Waals surface area contributed by atoms with E-state index in [2.05, 4.69) is 0 Å². The van der Waals surface area contributed by atoms with E-state index in [-0.39, 0.29) is 37.0 Å². The molecule has 0 aromatic heterocycles.